The quantitative estimate of drug-likeness (QED) is 0.607. The summed E-state index contributed by atoms with van der Waals surface area (Å²) in [7, 11) is 2.18. The van der Waals surface area contributed by atoms with Crippen molar-refractivity contribution in [1.82, 2.24) is 34.2 Å². The van der Waals surface area contributed by atoms with Crippen LogP contribution in [0.3, 0.4) is 0 Å². The number of nitrogens with zero attached hydrogens (tertiary/aromatic N) is 6. The maximum Gasteiger partial charge on any atom is 0.177 e. The highest BCUT2D eigenvalue weighted by Crippen LogP contribution is 2.27. The first-order chi connectivity index (χ1) is 13.3. The Bertz CT molecular complexity index is 1030. The number of nitrogens with one attached hydrogen (secondary N) is 1. The predicted molar refractivity (Wildman–Crippen MR) is 104 cm³/mol. The van der Waals surface area contributed by atoms with Crippen molar-refractivity contribution >= 4 is 11.2 Å². The molecule has 1 aromatic carbocycles. The molecule has 5 rings (SSSR count). The number of rotatable bonds is 4. The molecule has 0 radical (unpaired) electrons. The molecule has 4 aromatic rings. The Kier molecular flexibility index (Phi) is 4.01. The second-order valence-corrected chi connectivity index (χ2v) is 7.34. The molecule has 27 heavy (non-hydrogen) atoms. The lowest BCUT2D eigenvalue weighted by atomic mass is 10.1. The highest BCUT2D eigenvalue weighted by Gasteiger charge is 2.22. The van der Waals surface area contributed by atoms with Crippen molar-refractivity contribution in [2.24, 2.45) is 0 Å². The Labute approximate surface area is 157 Å². The molecule has 0 amide bonds. The number of hydrogen-bond acceptors (Lipinski definition) is 4. The number of piperidine rings is 1. The van der Waals surface area contributed by atoms with Crippen LogP contribution in [0.4, 0.5) is 0 Å². The van der Waals surface area contributed by atoms with E-state index >= 15 is 0 Å². The molecule has 3 aromatic heterocycles. The summed E-state index contributed by atoms with van der Waals surface area (Å²) < 4.78 is 4.22. The topological polar surface area (TPSA) is 67.6 Å². The molecule has 0 atom stereocenters. The molecule has 1 aliphatic heterocycles. The molecule has 0 bridgehead atoms. The summed E-state index contributed by atoms with van der Waals surface area (Å²) in [5, 5.41) is 4.60. The lowest BCUT2D eigenvalue weighted by Gasteiger charge is -2.28. The molecule has 0 unspecified atom stereocenters. The van der Waals surface area contributed by atoms with Crippen LogP contribution in [0.5, 0.6) is 0 Å². The maximum atomic E-state index is 4.88. The number of fused-ring (bicyclic) bond motifs is 1. The van der Waals surface area contributed by atoms with E-state index in [2.05, 4.69) is 60.5 Å². The highest BCUT2D eigenvalue weighted by atomic mass is 15.3. The minimum absolute atomic E-state index is 0.420. The minimum atomic E-state index is 0.420. The third-order valence-electron chi connectivity index (χ3n) is 5.42. The van der Waals surface area contributed by atoms with Crippen molar-refractivity contribution in [1.29, 1.82) is 0 Å². The van der Waals surface area contributed by atoms with Gasteiger partial charge in [0.2, 0.25) is 0 Å². The zero-order valence-corrected chi connectivity index (χ0v) is 15.4. The Balaban J connectivity index is 1.46. The van der Waals surface area contributed by atoms with Crippen molar-refractivity contribution in [2.45, 2.75) is 25.4 Å². The van der Waals surface area contributed by atoms with E-state index in [1.165, 1.54) is 5.56 Å². The Hall–Kier alpha value is -2.93. The normalized spacial score (nSPS) is 16.3. The third kappa shape index (κ3) is 3.04. The van der Waals surface area contributed by atoms with Crippen molar-refractivity contribution in [2.75, 3.05) is 20.1 Å². The largest absolute Gasteiger partial charge is 0.334 e. The second-order valence-electron chi connectivity index (χ2n) is 7.34. The van der Waals surface area contributed by atoms with Crippen LogP contribution in [0.25, 0.3) is 22.7 Å². The van der Waals surface area contributed by atoms with Gasteiger partial charge in [0.05, 0.1) is 24.8 Å². The monoisotopic (exact) mass is 361 g/mol. The van der Waals surface area contributed by atoms with Gasteiger partial charge in [-0.25, -0.2) is 14.6 Å². The van der Waals surface area contributed by atoms with Crippen molar-refractivity contribution in [3.05, 3.63) is 54.6 Å². The summed E-state index contributed by atoms with van der Waals surface area (Å²) in [6, 6.07) is 10.8. The van der Waals surface area contributed by atoms with Crippen LogP contribution in [0, 0.1) is 0 Å². The first-order valence-corrected chi connectivity index (χ1v) is 9.44. The number of imidazole rings is 2. The van der Waals surface area contributed by atoms with Gasteiger partial charge in [0, 0.05) is 6.54 Å². The van der Waals surface area contributed by atoms with E-state index in [0.29, 0.717) is 6.04 Å². The Morgan fingerprint density at radius 3 is 2.74 bits per heavy atom. The fourth-order valence-electron chi connectivity index (χ4n) is 3.87. The van der Waals surface area contributed by atoms with Gasteiger partial charge in [-0.1, -0.05) is 30.3 Å². The number of H-pyrrole nitrogens is 1. The molecule has 138 valence electrons. The SMILES string of the molecule is CN1CCC(n2ncc3[nH]c(-c4cncn4Cc4ccccc4)nc32)CC1. The van der Waals surface area contributed by atoms with Gasteiger partial charge < -0.3 is 14.5 Å². The average molecular weight is 361 g/mol. The van der Waals surface area contributed by atoms with Crippen LogP contribution in [-0.2, 0) is 6.54 Å². The van der Waals surface area contributed by atoms with Gasteiger partial charge in [-0.05, 0) is 38.5 Å². The summed E-state index contributed by atoms with van der Waals surface area (Å²) in [6.45, 7) is 2.98. The van der Waals surface area contributed by atoms with Crippen LogP contribution in [-0.4, -0.2) is 54.3 Å². The Morgan fingerprint density at radius 1 is 1.11 bits per heavy atom. The molecule has 0 saturated carbocycles. The number of benzene rings is 1. The molecule has 1 saturated heterocycles. The zero-order chi connectivity index (χ0) is 18.2. The second kappa shape index (κ2) is 6.66. The summed E-state index contributed by atoms with van der Waals surface area (Å²) in [4.78, 5) is 15.0. The average Bonchev–Trinajstić information content (AvgIpc) is 3.39. The first-order valence-electron chi connectivity index (χ1n) is 9.44. The van der Waals surface area contributed by atoms with Gasteiger partial charge in [0.1, 0.15) is 11.2 Å². The van der Waals surface area contributed by atoms with Crippen molar-refractivity contribution in [3.63, 3.8) is 0 Å². The van der Waals surface area contributed by atoms with E-state index in [4.69, 9.17) is 4.98 Å². The summed E-state index contributed by atoms with van der Waals surface area (Å²) in [5.41, 5.74) is 4.15. The molecular formula is C20H23N7. The van der Waals surface area contributed by atoms with Gasteiger partial charge in [0.25, 0.3) is 0 Å². The minimum Gasteiger partial charge on any atom is -0.334 e. The molecule has 1 fully saturated rings. The molecule has 0 aliphatic carbocycles. The van der Waals surface area contributed by atoms with Crippen LogP contribution >= 0.6 is 0 Å². The van der Waals surface area contributed by atoms with Gasteiger partial charge in [-0.15, -0.1) is 0 Å². The summed E-state index contributed by atoms with van der Waals surface area (Å²) in [5.74, 6) is 0.845. The molecule has 7 nitrogen and oxygen atoms in total. The lowest BCUT2D eigenvalue weighted by molar-refractivity contribution is 0.215. The number of aromatic nitrogens is 6. The van der Waals surface area contributed by atoms with E-state index < -0.39 is 0 Å². The number of aromatic amines is 1. The van der Waals surface area contributed by atoms with Gasteiger partial charge in [0.15, 0.2) is 11.5 Å². The molecular weight excluding hydrogens is 338 g/mol. The van der Waals surface area contributed by atoms with Crippen molar-refractivity contribution < 1.29 is 0 Å². The maximum absolute atomic E-state index is 4.88. The number of likely N-dealkylation sites (tertiary alicyclic amines) is 1. The fraction of sp³-hybridized carbons (Fsp3) is 0.350. The summed E-state index contributed by atoms with van der Waals surface area (Å²) in [6.07, 6.45) is 7.84. The number of hydrogen-bond donors (Lipinski definition) is 1. The fourth-order valence-corrected chi connectivity index (χ4v) is 3.87. The van der Waals surface area contributed by atoms with E-state index in [1.807, 2.05) is 24.8 Å². The first kappa shape index (κ1) is 16.3. The van der Waals surface area contributed by atoms with E-state index in [1.54, 1.807) is 0 Å². The van der Waals surface area contributed by atoms with Gasteiger partial charge in [-0.3, -0.25) is 0 Å². The Morgan fingerprint density at radius 2 is 1.93 bits per heavy atom. The van der Waals surface area contributed by atoms with Crippen LogP contribution in [0.1, 0.15) is 24.4 Å². The van der Waals surface area contributed by atoms with Crippen LogP contribution in [0.15, 0.2) is 49.1 Å². The third-order valence-corrected chi connectivity index (χ3v) is 5.42. The molecule has 4 heterocycles. The van der Waals surface area contributed by atoms with E-state index in [0.717, 1.165) is 55.2 Å². The lowest BCUT2D eigenvalue weighted by Crippen LogP contribution is -2.31. The molecule has 7 heteroatoms. The highest BCUT2D eigenvalue weighted by molar-refractivity contribution is 5.75. The molecule has 1 aliphatic rings. The van der Waals surface area contributed by atoms with E-state index in [-0.39, 0.29) is 0 Å². The zero-order valence-electron chi connectivity index (χ0n) is 15.4. The van der Waals surface area contributed by atoms with Gasteiger partial charge >= 0.3 is 0 Å². The summed E-state index contributed by atoms with van der Waals surface area (Å²) >= 11 is 0. The van der Waals surface area contributed by atoms with Gasteiger partial charge in [-0.2, -0.15) is 5.10 Å². The van der Waals surface area contributed by atoms with Crippen LogP contribution in [0.2, 0.25) is 0 Å². The smallest absolute Gasteiger partial charge is 0.177 e. The van der Waals surface area contributed by atoms with Crippen LogP contribution < -0.4 is 0 Å². The van der Waals surface area contributed by atoms with E-state index in [9.17, 15) is 0 Å². The molecule has 1 N–H and O–H groups in total. The standard InChI is InChI=1S/C20H23N7/c1-25-9-7-16(8-10-25)27-20-17(11-22-27)23-19(24-20)18-12-21-14-26(18)13-15-5-3-2-4-6-15/h2-6,11-12,14,16H,7-10,13H2,1H3,(H,23,24). The predicted octanol–water partition coefficient (Wildman–Crippen LogP) is 2.94. The van der Waals surface area contributed by atoms with Crippen molar-refractivity contribution in [3.8, 4) is 11.5 Å². The molecule has 0 spiro atoms.